The molecular weight excluding hydrogens is 629 g/mol. The highest BCUT2D eigenvalue weighted by molar-refractivity contribution is 7.13. The molecule has 2 N–H and O–H groups in total. The van der Waals surface area contributed by atoms with Gasteiger partial charge in [-0.2, -0.15) is 0 Å². The molecule has 1 aliphatic heterocycles. The molecule has 1 unspecified atom stereocenters. The molecule has 3 heterocycles. The minimum absolute atomic E-state index is 0.245. The summed E-state index contributed by atoms with van der Waals surface area (Å²) in [4.78, 5) is 28.9. The van der Waals surface area contributed by atoms with Crippen LogP contribution in [0.3, 0.4) is 0 Å². The first-order valence-electron chi connectivity index (χ1n) is 13.5. The average Bonchev–Trinajstić information content (AvgIpc) is 3.69. The number of benzene rings is 3. The molecule has 1 fully saturated rings. The zero-order valence-electron chi connectivity index (χ0n) is 23.1. The summed E-state index contributed by atoms with van der Waals surface area (Å²) >= 11 is 21.4. The summed E-state index contributed by atoms with van der Waals surface area (Å²) in [6, 6.07) is 20.9. The van der Waals surface area contributed by atoms with Gasteiger partial charge in [0.15, 0.2) is 23.3 Å². The van der Waals surface area contributed by atoms with Gasteiger partial charge in [0.25, 0.3) is 0 Å². The van der Waals surface area contributed by atoms with Crippen LogP contribution in [-0.4, -0.2) is 38.1 Å². The largest absolute Gasteiger partial charge is 0.380 e. The van der Waals surface area contributed by atoms with E-state index in [0.29, 0.717) is 38.2 Å². The molecule has 5 aromatic rings. The number of ketones is 2. The number of Topliss-reactive ketones (excluding diaryl/α,β-unsaturated/α-hetero) is 2. The van der Waals surface area contributed by atoms with Crippen LogP contribution >= 0.6 is 46.1 Å². The lowest BCUT2D eigenvalue weighted by Gasteiger charge is -2.28. The molecule has 0 amide bonds. The van der Waals surface area contributed by atoms with Crippen LogP contribution in [0.15, 0.2) is 78.2 Å². The molecule has 0 saturated carbocycles. The minimum atomic E-state index is -2.32. The zero-order valence-corrected chi connectivity index (χ0v) is 26.1. The number of thiophene rings is 1. The van der Waals surface area contributed by atoms with Crippen LogP contribution < -0.4 is 0 Å². The monoisotopic (exact) mass is 653 g/mol. The number of rotatable bonds is 7. The second-order valence-electron chi connectivity index (χ2n) is 10.7. The highest BCUT2D eigenvalue weighted by Gasteiger charge is 2.58. The summed E-state index contributed by atoms with van der Waals surface area (Å²) in [7, 11) is 0. The van der Waals surface area contributed by atoms with Crippen LogP contribution in [0.1, 0.15) is 45.8 Å². The molecule has 220 valence electrons. The number of hydrogen-bond acceptors (Lipinski definition) is 6. The molecular formula is C33H26Cl3NO5S. The van der Waals surface area contributed by atoms with E-state index in [1.807, 2.05) is 17.5 Å². The van der Waals surface area contributed by atoms with Crippen LogP contribution in [0.4, 0.5) is 0 Å². The van der Waals surface area contributed by atoms with Gasteiger partial charge < -0.3 is 19.5 Å². The lowest BCUT2D eigenvalue weighted by Crippen LogP contribution is -2.51. The number of halogens is 3. The molecule has 6 rings (SSSR count). The van der Waals surface area contributed by atoms with Gasteiger partial charge in [-0.3, -0.25) is 9.59 Å². The van der Waals surface area contributed by atoms with Gasteiger partial charge in [0.2, 0.25) is 0 Å². The van der Waals surface area contributed by atoms with Crippen molar-refractivity contribution < 1.29 is 24.5 Å². The van der Waals surface area contributed by atoms with Crippen molar-refractivity contribution in [1.82, 2.24) is 4.57 Å². The molecule has 0 aliphatic carbocycles. The molecule has 0 radical (unpaired) electrons. The number of aliphatic hydroxyl groups excluding tert-OH is 1. The van der Waals surface area contributed by atoms with E-state index in [1.165, 1.54) is 11.3 Å². The van der Waals surface area contributed by atoms with Crippen molar-refractivity contribution in [3.05, 3.63) is 116 Å². The number of fused-ring (bicyclic) bond motifs is 1. The SMILES string of the molecule is Cc1ccccc1C(=O)[C@]1(O)C[C@H](n2c(Cl)c(-c3cccs3)c3cc(Cl)c(Cl)cc32)O[C@@H]1C(=O)C(O)c1ccccc1C. The van der Waals surface area contributed by atoms with Gasteiger partial charge in [0.05, 0.1) is 15.6 Å². The second kappa shape index (κ2) is 11.5. The molecule has 3 aromatic carbocycles. The van der Waals surface area contributed by atoms with E-state index in [4.69, 9.17) is 39.5 Å². The lowest BCUT2D eigenvalue weighted by atomic mass is 9.81. The van der Waals surface area contributed by atoms with Crippen molar-refractivity contribution in [3.63, 3.8) is 0 Å². The fraction of sp³-hybridized carbons (Fsp3) is 0.212. The van der Waals surface area contributed by atoms with E-state index >= 15 is 0 Å². The third kappa shape index (κ3) is 5.03. The number of aromatic nitrogens is 1. The summed E-state index contributed by atoms with van der Waals surface area (Å²) in [6.07, 6.45) is -4.74. The molecule has 43 heavy (non-hydrogen) atoms. The fourth-order valence-corrected chi connectivity index (χ4v) is 7.38. The molecule has 0 bridgehead atoms. The standard InChI is InChI=1S/C33H26Cl3NO5S/c1-17-8-3-5-10-19(17)28(38)29(39)31-33(41,30(40)20-11-6-4-9-18(20)2)16-26(42-31)37-24-15-23(35)22(34)14-21(24)27(32(37)36)25-12-7-13-43-25/h3-15,26,28,31,38,41H,16H2,1-2H3/t26-,28?,31-,33-/m1/s1. The van der Waals surface area contributed by atoms with Crippen molar-refractivity contribution in [3.8, 4) is 10.4 Å². The Morgan fingerprint density at radius 2 is 1.65 bits per heavy atom. The Labute approximate surface area is 267 Å². The molecule has 10 heteroatoms. The van der Waals surface area contributed by atoms with Gasteiger partial charge >= 0.3 is 0 Å². The second-order valence-corrected chi connectivity index (χ2v) is 12.8. The number of aliphatic hydroxyl groups is 2. The fourth-order valence-electron chi connectivity index (χ4n) is 5.82. The maximum Gasteiger partial charge on any atom is 0.198 e. The maximum atomic E-state index is 14.1. The molecule has 0 spiro atoms. The van der Waals surface area contributed by atoms with E-state index in [9.17, 15) is 19.8 Å². The number of aryl methyl sites for hydroxylation is 2. The number of carbonyl (C=O) groups excluding carboxylic acids is 2. The third-order valence-electron chi connectivity index (χ3n) is 8.05. The predicted octanol–water partition coefficient (Wildman–Crippen LogP) is 8.15. The molecule has 6 nitrogen and oxygen atoms in total. The van der Waals surface area contributed by atoms with Gasteiger partial charge in [0, 0.05) is 27.8 Å². The summed E-state index contributed by atoms with van der Waals surface area (Å²) in [5, 5.41) is 26.9. The predicted molar refractivity (Wildman–Crippen MR) is 170 cm³/mol. The highest BCUT2D eigenvalue weighted by Crippen LogP contribution is 2.49. The van der Waals surface area contributed by atoms with Gasteiger partial charge in [-0.05, 0) is 54.1 Å². The summed E-state index contributed by atoms with van der Waals surface area (Å²) in [5.74, 6) is -1.52. The Bertz CT molecular complexity index is 1890. The van der Waals surface area contributed by atoms with Gasteiger partial charge in [-0.25, -0.2) is 0 Å². The number of nitrogens with zero attached hydrogens (tertiary/aromatic N) is 1. The highest BCUT2D eigenvalue weighted by atomic mass is 35.5. The Kier molecular flexibility index (Phi) is 8.02. The first-order valence-corrected chi connectivity index (χ1v) is 15.5. The van der Waals surface area contributed by atoms with Crippen molar-refractivity contribution in [2.24, 2.45) is 0 Å². The lowest BCUT2D eigenvalue weighted by molar-refractivity contribution is -0.147. The number of carbonyl (C=O) groups is 2. The Hall–Kier alpha value is -3.01. The van der Waals surface area contributed by atoms with E-state index in [2.05, 4.69) is 0 Å². The molecule has 1 saturated heterocycles. The van der Waals surface area contributed by atoms with E-state index in [0.717, 1.165) is 4.88 Å². The Morgan fingerprint density at radius 1 is 0.977 bits per heavy atom. The van der Waals surface area contributed by atoms with Crippen LogP contribution in [0.2, 0.25) is 15.2 Å². The van der Waals surface area contributed by atoms with Crippen LogP contribution in [0.5, 0.6) is 0 Å². The summed E-state index contributed by atoms with van der Waals surface area (Å²) < 4.78 is 7.93. The van der Waals surface area contributed by atoms with Crippen molar-refractivity contribution in [1.29, 1.82) is 0 Å². The van der Waals surface area contributed by atoms with Gasteiger partial charge in [0.1, 0.15) is 17.5 Å². The normalized spacial score (nSPS) is 20.9. The Morgan fingerprint density at radius 3 is 2.33 bits per heavy atom. The van der Waals surface area contributed by atoms with Crippen LogP contribution in [0.25, 0.3) is 21.3 Å². The first kappa shape index (κ1) is 30.0. The van der Waals surface area contributed by atoms with E-state index in [1.54, 1.807) is 79.1 Å². The van der Waals surface area contributed by atoms with Crippen molar-refractivity contribution in [2.45, 2.75) is 44.3 Å². The number of ether oxygens (including phenoxy) is 1. The smallest absolute Gasteiger partial charge is 0.198 e. The van der Waals surface area contributed by atoms with Gasteiger partial charge in [-0.1, -0.05) is 89.4 Å². The minimum Gasteiger partial charge on any atom is -0.380 e. The first-order chi connectivity index (χ1) is 20.5. The van der Waals surface area contributed by atoms with Crippen LogP contribution in [0, 0.1) is 13.8 Å². The quantitative estimate of drug-likeness (QED) is 0.173. The van der Waals surface area contributed by atoms with Crippen molar-refractivity contribution >= 4 is 68.6 Å². The molecule has 4 atom stereocenters. The zero-order chi connectivity index (χ0) is 30.6. The summed E-state index contributed by atoms with van der Waals surface area (Å²) in [5.41, 5.74) is 0.810. The van der Waals surface area contributed by atoms with E-state index < -0.39 is 35.6 Å². The number of hydrogen-bond donors (Lipinski definition) is 2. The topological polar surface area (TPSA) is 88.8 Å². The third-order valence-corrected chi connectivity index (χ3v) is 10.0. The Balaban J connectivity index is 1.51. The van der Waals surface area contributed by atoms with Gasteiger partial charge in [-0.15, -0.1) is 11.3 Å². The average molecular weight is 655 g/mol. The summed E-state index contributed by atoms with van der Waals surface area (Å²) in [6.45, 7) is 3.51. The molecule has 1 aliphatic rings. The van der Waals surface area contributed by atoms with E-state index in [-0.39, 0.29) is 22.2 Å². The molecule has 2 aromatic heterocycles. The maximum absolute atomic E-state index is 14.1. The van der Waals surface area contributed by atoms with Crippen molar-refractivity contribution in [2.75, 3.05) is 0 Å². The van der Waals surface area contributed by atoms with Crippen LogP contribution in [-0.2, 0) is 9.53 Å².